The summed E-state index contributed by atoms with van der Waals surface area (Å²) in [6, 6.07) is 0. The maximum Gasteiger partial charge on any atom is 0.0331 e. The Balaban J connectivity index is 1.94. The molecule has 2 nitrogen and oxygen atoms in total. The van der Waals surface area contributed by atoms with E-state index < -0.39 is 0 Å². The fourth-order valence-electron chi connectivity index (χ4n) is 3.77. The minimum Gasteiger partial charge on any atom is -0.329 e. The summed E-state index contributed by atoms with van der Waals surface area (Å²) in [5.41, 5.74) is 6.49. The second kappa shape index (κ2) is 5.50. The predicted octanol–water partition coefficient (Wildman–Crippen LogP) is 2.77. The molecule has 0 spiro atoms. The molecule has 1 heterocycles. The van der Waals surface area contributed by atoms with Crippen LogP contribution in [0, 0.1) is 5.92 Å². The Kier molecular flexibility index (Phi) is 4.26. The fraction of sp³-hybridized carbons (Fsp3) is 1.00. The molecule has 0 bridgehead atoms. The number of hydrogen-bond acceptors (Lipinski definition) is 2. The van der Waals surface area contributed by atoms with Gasteiger partial charge in [0.25, 0.3) is 0 Å². The van der Waals surface area contributed by atoms with Crippen molar-refractivity contribution in [3.63, 3.8) is 0 Å². The normalized spacial score (nSPS) is 30.8. The van der Waals surface area contributed by atoms with Crippen LogP contribution in [0.5, 0.6) is 0 Å². The Morgan fingerprint density at radius 2 is 2.00 bits per heavy atom. The highest BCUT2D eigenvalue weighted by Crippen LogP contribution is 2.37. The van der Waals surface area contributed by atoms with Crippen LogP contribution in [-0.4, -0.2) is 30.1 Å². The molecule has 0 radical (unpaired) electrons. The van der Waals surface area contributed by atoms with Crippen molar-refractivity contribution >= 4 is 0 Å². The van der Waals surface area contributed by atoms with E-state index in [0.717, 1.165) is 12.5 Å². The lowest BCUT2D eigenvalue weighted by Gasteiger charge is -2.44. The first-order valence-corrected chi connectivity index (χ1v) is 7.26. The Bertz CT molecular complexity index is 209. The van der Waals surface area contributed by atoms with Gasteiger partial charge in [0.15, 0.2) is 0 Å². The number of rotatable bonds is 4. The van der Waals surface area contributed by atoms with Gasteiger partial charge in [-0.25, -0.2) is 0 Å². The molecule has 0 aromatic carbocycles. The van der Waals surface area contributed by atoms with Gasteiger partial charge >= 0.3 is 0 Å². The standard InChI is InChI=1S/C14H28N2/c1-2-6-13-7-10-16(11-13)14(12-15)8-4-3-5-9-14/h13H,2-12,15H2,1H3. The van der Waals surface area contributed by atoms with Gasteiger partial charge in [0, 0.05) is 18.6 Å². The van der Waals surface area contributed by atoms with E-state index in [4.69, 9.17) is 5.73 Å². The van der Waals surface area contributed by atoms with E-state index >= 15 is 0 Å². The lowest BCUT2D eigenvalue weighted by Crippen LogP contribution is -2.54. The molecule has 1 unspecified atom stereocenters. The molecule has 0 aromatic rings. The van der Waals surface area contributed by atoms with Gasteiger partial charge in [-0.05, 0) is 38.1 Å². The predicted molar refractivity (Wildman–Crippen MR) is 69.5 cm³/mol. The molecule has 16 heavy (non-hydrogen) atoms. The van der Waals surface area contributed by atoms with E-state index in [1.54, 1.807) is 0 Å². The molecule has 1 atom stereocenters. The van der Waals surface area contributed by atoms with Crippen molar-refractivity contribution in [2.75, 3.05) is 19.6 Å². The summed E-state index contributed by atoms with van der Waals surface area (Å²) in [6.07, 6.45) is 11.1. The van der Waals surface area contributed by atoms with Crippen molar-refractivity contribution in [2.24, 2.45) is 11.7 Å². The smallest absolute Gasteiger partial charge is 0.0331 e. The SMILES string of the molecule is CCCC1CCN(C2(CN)CCCCC2)C1. The monoisotopic (exact) mass is 224 g/mol. The molecular formula is C14H28N2. The first-order chi connectivity index (χ1) is 7.80. The Morgan fingerprint density at radius 3 is 2.62 bits per heavy atom. The van der Waals surface area contributed by atoms with Crippen LogP contribution in [-0.2, 0) is 0 Å². The Morgan fingerprint density at radius 1 is 1.25 bits per heavy atom. The van der Waals surface area contributed by atoms with Crippen molar-refractivity contribution in [1.29, 1.82) is 0 Å². The lowest BCUT2D eigenvalue weighted by molar-refractivity contribution is 0.0765. The minimum atomic E-state index is 0.390. The highest BCUT2D eigenvalue weighted by atomic mass is 15.2. The van der Waals surface area contributed by atoms with Crippen LogP contribution in [0.2, 0.25) is 0 Å². The summed E-state index contributed by atoms with van der Waals surface area (Å²) in [5.74, 6) is 0.954. The Hall–Kier alpha value is -0.0800. The highest BCUT2D eigenvalue weighted by Gasteiger charge is 2.39. The van der Waals surface area contributed by atoms with Gasteiger partial charge < -0.3 is 5.73 Å². The first kappa shape index (κ1) is 12.4. The number of nitrogens with zero attached hydrogens (tertiary/aromatic N) is 1. The number of nitrogens with two attached hydrogens (primary N) is 1. The van der Waals surface area contributed by atoms with Crippen molar-refractivity contribution in [3.05, 3.63) is 0 Å². The molecule has 2 rings (SSSR count). The molecule has 2 aliphatic rings. The van der Waals surface area contributed by atoms with Crippen LogP contribution < -0.4 is 5.73 Å². The van der Waals surface area contributed by atoms with Crippen LogP contribution in [0.15, 0.2) is 0 Å². The number of hydrogen-bond donors (Lipinski definition) is 1. The average Bonchev–Trinajstić information content (AvgIpc) is 2.80. The molecule has 94 valence electrons. The maximum absolute atomic E-state index is 6.10. The van der Waals surface area contributed by atoms with Crippen LogP contribution in [0.25, 0.3) is 0 Å². The third-order valence-corrected chi connectivity index (χ3v) is 4.82. The van der Waals surface area contributed by atoms with Crippen LogP contribution >= 0.6 is 0 Å². The van der Waals surface area contributed by atoms with Gasteiger partial charge in [0.05, 0.1) is 0 Å². The minimum absolute atomic E-state index is 0.390. The molecule has 2 fully saturated rings. The van der Waals surface area contributed by atoms with Crippen molar-refractivity contribution in [3.8, 4) is 0 Å². The molecule has 2 heteroatoms. The fourth-order valence-corrected chi connectivity index (χ4v) is 3.77. The van der Waals surface area contributed by atoms with Crippen LogP contribution in [0.4, 0.5) is 0 Å². The van der Waals surface area contributed by atoms with Crippen LogP contribution in [0.1, 0.15) is 58.3 Å². The van der Waals surface area contributed by atoms with Crippen molar-refractivity contribution in [2.45, 2.75) is 63.8 Å². The van der Waals surface area contributed by atoms with Gasteiger partial charge in [-0.15, -0.1) is 0 Å². The van der Waals surface area contributed by atoms with Crippen LogP contribution in [0.3, 0.4) is 0 Å². The summed E-state index contributed by atoms with van der Waals surface area (Å²) in [4.78, 5) is 2.74. The summed E-state index contributed by atoms with van der Waals surface area (Å²) in [5, 5.41) is 0. The van der Waals surface area contributed by atoms with E-state index in [-0.39, 0.29) is 0 Å². The molecule has 1 aliphatic heterocycles. The van der Waals surface area contributed by atoms with Gasteiger partial charge in [-0.1, -0.05) is 32.6 Å². The molecule has 1 aliphatic carbocycles. The van der Waals surface area contributed by atoms with Gasteiger partial charge in [-0.2, -0.15) is 0 Å². The Labute approximate surface area is 101 Å². The van der Waals surface area contributed by atoms with E-state index in [2.05, 4.69) is 11.8 Å². The summed E-state index contributed by atoms with van der Waals surface area (Å²) in [6.45, 7) is 5.82. The van der Waals surface area contributed by atoms with Gasteiger partial charge in [0.2, 0.25) is 0 Å². The topological polar surface area (TPSA) is 29.3 Å². The second-order valence-electron chi connectivity index (χ2n) is 5.88. The molecule has 1 saturated carbocycles. The third kappa shape index (κ3) is 2.43. The first-order valence-electron chi connectivity index (χ1n) is 7.26. The summed E-state index contributed by atoms with van der Waals surface area (Å²) >= 11 is 0. The zero-order chi connectivity index (χ0) is 11.4. The van der Waals surface area contributed by atoms with Gasteiger partial charge in [-0.3, -0.25) is 4.90 Å². The average molecular weight is 224 g/mol. The van der Waals surface area contributed by atoms with Crippen molar-refractivity contribution < 1.29 is 0 Å². The molecular weight excluding hydrogens is 196 g/mol. The number of likely N-dealkylation sites (tertiary alicyclic amines) is 1. The zero-order valence-corrected chi connectivity index (χ0v) is 10.9. The lowest BCUT2D eigenvalue weighted by atomic mass is 9.80. The quantitative estimate of drug-likeness (QED) is 0.795. The second-order valence-corrected chi connectivity index (χ2v) is 5.88. The summed E-state index contributed by atoms with van der Waals surface area (Å²) in [7, 11) is 0. The highest BCUT2D eigenvalue weighted by molar-refractivity contribution is 4.97. The van der Waals surface area contributed by atoms with Crippen molar-refractivity contribution in [1.82, 2.24) is 4.90 Å². The molecule has 0 amide bonds. The van der Waals surface area contributed by atoms with E-state index in [0.29, 0.717) is 5.54 Å². The van der Waals surface area contributed by atoms with E-state index in [9.17, 15) is 0 Å². The molecule has 1 saturated heterocycles. The van der Waals surface area contributed by atoms with E-state index in [1.807, 2.05) is 0 Å². The maximum atomic E-state index is 6.10. The van der Waals surface area contributed by atoms with Gasteiger partial charge in [0.1, 0.15) is 0 Å². The molecule has 0 aromatic heterocycles. The molecule has 2 N–H and O–H groups in total. The summed E-state index contributed by atoms with van der Waals surface area (Å²) < 4.78 is 0. The third-order valence-electron chi connectivity index (χ3n) is 4.82. The zero-order valence-electron chi connectivity index (χ0n) is 10.9. The largest absolute Gasteiger partial charge is 0.329 e. The van der Waals surface area contributed by atoms with E-state index in [1.165, 1.54) is 64.5 Å².